The number of rotatable bonds is 5. The molecule has 1 aliphatic rings. The van der Waals surface area contributed by atoms with Gasteiger partial charge in [-0.05, 0) is 36.3 Å². The Labute approximate surface area is 107 Å². The highest BCUT2D eigenvalue weighted by atomic mass is 32.1. The van der Waals surface area contributed by atoms with Crippen LogP contribution in [0.2, 0.25) is 0 Å². The van der Waals surface area contributed by atoms with Gasteiger partial charge in [-0.15, -0.1) is 11.3 Å². The number of likely N-dealkylation sites (tertiary alicyclic amines) is 1. The van der Waals surface area contributed by atoms with Crippen molar-refractivity contribution in [1.82, 2.24) is 10.2 Å². The largest absolute Gasteiger partial charge is 0.342 e. The van der Waals surface area contributed by atoms with E-state index in [1.807, 2.05) is 4.90 Å². The number of nitrogens with zero attached hydrogens (tertiary/aromatic N) is 1. The summed E-state index contributed by atoms with van der Waals surface area (Å²) in [7, 11) is 0. The van der Waals surface area contributed by atoms with Crippen molar-refractivity contribution >= 4 is 17.2 Å². The van der Waals surface area contributed by atoms with Crippen LogP contribution in [0, 0.1) is 0 Å². The SMILES string of the molecule is CCc1ccsc1CNCC(=O)N1CCCC1. The Morgan fingerprint density at radius 2 is 2.24 bits per heavy atom. The van der Waals surface area contributed by atoms with Crippen molar-refractivity contribution in [3.8, 4) is 0 Å². The van der Waals surface area contributed by atoms with Gasteiger partial charge in [0.05, 0.1) is 6.54 Å². The normalized spacial score (nSPS) is 15.5. The number of nitrogens with one attached hydrogen (secondary N) is 1. The second-order valence-corrected chi connectivity index (χ2v) is 5.41. The molecule has 2 rings (SSSR count). The monoisotopic (exact) mass is 252 g/mol. The van der Waals surface area contributed by atoms with Crippen molar-refractivity contribution in [3.05, 3.63) is 21.9 Å². The van der Waals surface area contributed by atoms with E-state index in [1.54, 1.807) is 11.3 Å². The number of hydrogen-bond acceptors (Lipinski definition) is 3. The van der Waals surface area contributed by atoms with Gasteiger partial charge in [-0.1, -0.05) is 6.92 Å². The molecule has 17 heavy (non-hydrogen) atoms. The summed E-state index contributed by atoms with van der Waals surface area (Å²) in [5.41, 5.74) is 1.40. The maximum atomic E-state index is 11.8. The Bertz CT molecular complexity index is 369. The number of thiophene rings is 1. The van der Waals surface area contributed by atoms with E-state index in [9.17, 15) is 4.79 Å². The van der Waals surface area contributed by atoms with Crippen molar-refractivity contribution in [3.63, 3.8) is 0 Å². The van der Waals surface area contributed by atoms with Crippen LogP contribution in [0.25, 0.3) is 0 Å². The first-order valence-electron chi connectivity index (χ1n) is 6.35. The minimum absolute atomic E-state index is 0.247. The van der Waals surface area contributed by atoms with E-state index < -0.39 is 0 Å². The zero-order valence-corrected chi connectivity index (χ0v) is 11.2. The van der Waals surface area contributed by atoms with Gasteiger partial charge in [0.2, 0.25) is 5.91 Å². The van der Waals surface area contributed by atoms with Crippen molar-refractivity contribution < 1.29 is 4.79 Å². The second-order valence-electron chi connectivity index (χ2n) is 4.41. The smallest absolute Gasteiger partial charge is 0.236 e. The van der Waals surface area contributed by atoms with Crippen molar-refractivity contribution in [1.29, 1.82) is 0 Å². The molecule has 1 aromatic rings. The quantitative estimate of drug-likeness (QED) is 0.869. The Morgan fingerprint density at radius 1 is 1.47 bits per heavy atom. The molecule has 2 heterocycles. The molecule has 1 aliphatic heterocycles. The molecule has 1 N–H and O–H groups in total. The van der Waals surface area contributed by atoms with Crippen LogP contribution in [0.1, 0.15) is 30.2 Å². The van der Waals surface area contributed by atoms with E-state index in [0.29, 0.717) is 6.54 Å². The van der Waals surface area contributed by atoms with Crippen molar-refractivity contribution in [2.45, 2.75) is 32.7 Å². The molecular formula is C13H20N2OS. The van der Waals surface area contributed by atoms with Gasteiger partial charge in [-0.3, -0.25) is 4.79 Å². The molecule has 1 aromatic heterocycles. The predicted molar refractivity (Wildman–Crippen MR) is 71.2 cm³/mol. The van der Waals surface area contributed by atoms with Crippen LogP contribution in [-0.4, -0.2) is 30.4 Å². The molecule has 0 aromatic carbocycles. The van der Waals surface area contributed by atoms with Gasteiger partial charge in [0, 0.05) is 24.5 Å². The summed E-state index contributed by atoms with van der Waals surface area (Å²) in [5.74, 6) is 0.247. The van der Waals surface area contributed by atoms with E-state index in [0.717, 1.165) is 38.9 Å². The zero-order valence-electron chi connectivity index (χ0n) is 10.4. The van der Waals surface area contributed by atoms with Gasteiger partial charge in [0.15, 0.2) is 0 Å². The van der Waals surface area contributed by atoms with Crippen LogP contribution < -0.4 is 5.32 Å². The van der Waals surface area contributed by atoms with Crippen LogP contribution in [0.5, 0.6) is 0 Å². The summed E-state index contributed by atoms with van der Waals surface area (Å²) in [6, 6.07) is 2.17. The Kier molecular flexibility index (Phi) is 4.57. The number of aryl methyl sites for hydroxylation is 1. The standard InChI is InChI=1S/C13H20N2OS/c1-2-11-5-8-17-12(11)9-14-10-13(16)15-6-3-4-7-15/h5,8,14H,2-4,6-7,9-10H2,1H3. The van der Waals surface area contributed by atoms with Gasteiger partial charge in [0.1, 0.15) is 0 Å². The molecular weight excluding hydrogens is 232 g/mol. The second kappa shape index (κ2) is 6.17. The topological polar surface area (TPSA) is 32.3 Å². The summed E-state index contributed by atoms with van der Waals surface area (Å²) in [5, 5.41) is 5.38. The maximum absolute atomic E-state index is 11.8. The van der Waals surface area contributed by atoms with Gasteiger partial charge < -0.3 is 10.2 Å². The van der Waals surface area contributed by atoms with Gasteiger partial charge in [0.25, 0.3) is 0 Å². The van der Waals surface area contributed by atoms with Crippen molar-refractivity contribution in [2.75, 3.05) is 19.6 Å². The fourth-order valence-electron chi connectivity index (χ4n) is 2.20. The Hall–Kier alpha value is -0.870. The fraction of sp³-hybridized carbons (Fsp3) is 0.615. The Morgan fingerprint density at radius 3 is 2.94 bits per heavy atom. The summed E-state index contributed by atoms with van der Waals surface area (Å²) in [6.45, 7) is 5.35. The first-order valence-corrected chi connectivity index (χ1v) is 7.23. The highest BCUT2D eigenvalue weighted by molar-refractivity contribution is 7.10. The summed E-state index contributed by atoms with van der Waals surface area (Å²) in [4.78, 5) is 15.1. The molecule has 1 saturated heterocycles. The Balaban J connectivity index is 1.73. The van der Waals surface area contributed by atoms with Crippen LogP contribution in [0.15, 0.2) is 11.4 Å². The molecule has 1 amide bonds. The molecule has 0 radical (unpaired) electrons. The van der Waals surface area contributed by atoms with E-state index in [2.05, 4.69) is 23.7 Å². The lowest BCUT2D eigenvalue weighted by Gasteiger charge is -2.15. The average Bonchev–Trinajstić information content (AvgIpc) is 2.99. The van der Waals surface area contributed by atoms with Crippen LogP contribution in [0.3, 0.4) is 0 Å². The lowest BCUT2D eigenvalue weighted by atomic mass is 10.2. The third kappa shape index (κ3) is 3.30. The average molecular weight is 252 g/mol. The van der Waals surface area contributed by atoms with Gasteiger partial charge >= 0.3 is 0 Å². The van der Waals surface area contributed by atoms with Crippen LogP contribution in [0.4, 0.5) is 0 Å². The van der Waals surface area contributed by atoms with E-state index >= 15 is 0 Å². The molecule has 3 nitrogen and oxygen atoms in total. The van der Waals surface area contributed by atoms with Gasteiger partial charge in [-0.25, -0.2) is 0 Å². The van der Waals surface area contributed by atoms with E-state index in [1.165, 1.54) is 10.4 Å². The zero-order chi connectivity index (χ0) is 12.1. The van der Waals surface area contributed by atoms with Crippen LogP contribution >= 0.6 is 11.3 Å². The molecule has 0 aliphatic carbocycles. The van der Waals surface area contributed by atoms with Gasteiger partial charge in [-0.2, -0.15) is 0 Å². The highest BCUT2D eigenvalue weighted by Gasteiger charge is 2.17. The molecule has 4 heteroatoms. The molecule has 0 spiro atoms. The van der Waals surface area contributed by atoms with E-state index in [-0.39, 0.29) is 5.91 Å². The number of carbonyl (C=O) groups is 1. The molecule has 0 atom stereocenters. The minimum atomic E-state index is 0.247. The predicted octanol–water partition coefficient (Wildman–Crippen LogP) is 2.02. The highest BCUT2D eigenvalue weighted by Crippen LogP contribution is 2.16. The van der Waals surface area contributed by atoms with Crippen molar-refractivity contribution in [2.24, 2.45) is 0 Å². The molecule has 0 unspecified atom stereocenters. The molecule has 0 bridgehead atoms. The molecule has 1 fully saturated rings. The summed E-state index contributed by atoms with van der Waals surface area (Å²) >= 11 is 1.77. The number of carbonyl (C=O) groups excluding carboxylic acids is 1. The third-order valence-electron chi connectivity index (χ3n) is 3.24. The summed E-state index contributed by atoms with van der Waals surface area (Å²) in [6.07, 6.45) is 3.40. The maximum Gasteiger partial charge on any atom is 0.236 e. The number of amides is 1. The first-order chi connectivity index (χ1) is 8.31. The minimum Gasteiger partial charge on any atom is -0.342 e. The van der Waals surface area contributed by atoms with E-state index in [4.69, 9.17) is 0 Å². The fourth-order valence-corrected chi connectivity index (χ4v) is 3.14. The summed E-state index contributed by atoms with van der Waals surface area (Å²) < 4.78 is 0. The lowest BCUT2D eigenvalue weighted by Crippen LogP contribution is -2.35. The lowest BCUT2D eigenvalue weighted by molar-refractivity contribution is -0.129. The third-order valence-corrected chi connectivity index (χ3v) is 4.20. The number of hydrogen-bond donors (Lipinski definition) is 1. The molecule has 0 saturated carbocycles. The van der Waals surface area contributed by atoms with Crippen LogP contribution in [-0.2, 0) is 17.8 Å². The molecule has 94 valence electrons. The first kappa shape index (κ1) is 12.6.